The first-order chi connectivity index (χ1) is 10.1. The molecule has 21 heavy (non-hydrogen) atoms. The van der Waals surface area contributed by atoms with Crippen LogP contribution < -0.4 is 16.0 Å². The second-order valence-electron chi connectivity index (χ2n) is 6.62. The maximum Gasteiger partial charge on any atom is 0.319 e. The number of hydrogen-bond acceptors (Lipinski definition) is 2. The van der Waals surface area contributed by atoms with Crippen LogP contribution in [0.5, 0.6) is 0 Å². The first kappa shape index (κ1) is 14.8. The molecule has 3 unspecified atom stereocenters. The molecule has 3 aliphatic rings. The number of urea groups is 1. The quantitative estimate of drug-likeness (QED) is 0.542. The molecule has 3 rings (SSSR count). The van der Waals surface area contributed by atoms with Gasteiger partial charge in [-0.05, 0) is 26.2 Å². The number of hydrogen-bond donors (Lipinski definition) is 3. The first-order valence-electron chi connectivity index (χ1n) is 7.95. The van der Waals surface area contributed by atoms with Gasteiger partial charge in [0.2, 0.25) is 0 Å². The fourth-order valence-electron chi connectivity index (χ4n) is 3.62. The Kier molecular flexibility index (Phi) is 4.16. The summed E-state index contributed by atoms with van der Waals surface area (Å²) >= 11 is 6.23. The van der Waals surface area contributed by atoms with Gasteiger partial charge < -0.3 is 16.0 Å². The number of nitrogens with one attached hydrogen (secondary N) is 3. The number of halogens is 1. The molecule has 0 spiro atoms. The van der Waals surface area contributed by atoms with Crippen molar-refractivity contribution in [2.75, 3.05) is 0 Å². The average molecular weight is 310 g/mol. The van der Waals surface area contributed by atoms with E-state index in [0.717, 1.165) is 25.0 Å². The van der Waals surface area contributed by atoms with Gasteiger partial charge in [0.15, 0.2) is 0 Å². The van der Waals surface area contributed by atoms with Gasteiger partial charge in [-0.3, -0.25) is 0 Å². The van der Waals surface area contributed by atoms with E-state index in [-0.39, 0.29) is 22.9 Å². The summed E-state index contributed by atoms with van der Waals surface area (Å²) in [5.74, 6) is 0.224. The molecule has 0 aromatic heterocycles. The third-order valence-corrected chi connectivity index (χ3v) is 5.27. The van der Waals surface area contributed by atoms with Crippen molar-refractivity contribution in [1.29, 1.82) is 0 Å². The minimum absolute atomic E-state index is 0.0366. The maximum atomic E-state index is 12.2. The Bertz CT molecular complexity index is 470. The van der Waals surface area contributed by atoms with Crippen LogP contribution in [0.25, 0.3) is 0 Å². The zero-order valence-electron chi connectivity index (χ0n) is 12.5. The zero-order chi connectivity index (χ0) is 14.9. The molecule has 1 aliphatic heterocycles. The molecule has 4 nitrogen and oxygen atoms in total. The van der Waals surface area contributed by atoms with Gasteiger partial charge in [0.05, 0.1) is 10.9 Å². The van der Waals surface area contributed by atoms with Crippen molar-refractivity contribution in [2.45, 2.75) is 62.4 Å². The van der Waals surface area contributed by atoms with Crippen LogP contribution in [0.2, 0.25) is 0 Å². The van der Waals surface area contributed by atoms with E-state index in [1.165, 1.54) is 19.3 Å². The fourth-order valence-corrected chi connectivity index (χ4v) is 3.88. The lowest BCUT2D eigenvalue weighted by molar-refractivity contribution is 0.233. The Morgan fingerprint density at radius 1 is 1.38 bits per heavy atom. The molecule has 1 fully saturated rings. The monoisotopic (exact) mass is 309 g/mol. The van der Waals surface area contributed by atoms with E-state index in [2.05, 4.69) is 29.0 Å². The minimum atomic E-state index is -0.126. The highest BCUT2D eigenvalue weighted by Gasteiger charge is 2.42. The lowest BCUT2D eigenvalue weighted by Crippen LogP contribution is -2.47. The topological polar surface area (TPSA) is 53.2 Å². The van der Waals surface area contributed by atoms with Gasteiger partial charge in [-0.2, -0.15) is 0 Å². The number of rotatable bonds is 2. The van der Waals surface area contributed by atoms with E-state index in [1.54, 1.807) is 0 Å². The van der Waals surface area contributed by atoms with Gasteiger partial charge in [-0.15, -0.1) is 11.6 Å². The minimum Gasteiger partial charge on any atom is -0.380 e. The van der Waals surface area contributed by atoms with E-state index in [4.69, 9.17) is 11.6 Å². The smallest absolute Gasteiger partial charge is 0.319 e. The summed E-state index contributed by atoms with van der Waals surface area (Å²) in [5, 5.41) is 9.52. The Morgan fingerprint density at radius 2 is 2.14 bits per heavy atom. The Morgan fingerprint density at radius 3 is 2.90 bits per heavy atom. The number of fused-ring (bicyclic) bond motifs is 1. The molecule has 116 valence electrons. The first-order valence-corrected chi connectivity index (χ1v) is 8.39. The van der Waals surface area contributed by atoms with Crippen LogP contribution in [0, 0.1) is 5.92 Å². The average Bonchev–Trinajstić information content (AvgIpc) is 2.77. The largest absolute Gasteiger partial charge is 0.380 e. The van der Waals surface area contributed by atoms with Crippen molar-refractivity contribution >= 4 is 17.6 Å². The molecule has 0 aromatic rings. The molecule has 0 aromatic carbocycles. The lowest BCUT2D eigenvalue weighted by atomic mass is 9.79. The Hall–Kier alpha value is -1.16. The summed E-state index contributed by atoms with van der Waals surface area (Å²) in [4.78, 5) is 12.2. The molecule has 2 aliphatic carbocycles. The van der Waals surface area contributed by atoms with Crippen molar-refractivity contribution in [2.24, 2.45) is 5.92 Å². The van der Waals surface area contributed by atoms with Crippen molar-refractivity contribution in [1.82, 2.24) is 16.0 Å². The summed E-state index contributed by atoms with van der Waals surface area (Å²) in [6.45, 7) is 2.14. The third kappa shape index (κ3) is 3.20. The van der Waals surface area contributed by atoms with E-state index >= 15 is 0 Å². The van der Waals surface area contributed by atoms with Crippen LogP contribution in [0.4, 0.5) is 4.79 Å². The Balaban J connectivity index is 1.58. The molecular weight excluding hydrogens is 286 g/mol. The van der Waals surface area contributed by atoms with Crippen LogP contribution in [0.3, 0.4) is 0 Å². The third-order valence-electron chi connectivity index (χ3n) is 4.95. The molecule has 2 amide bonds. The predicted molar refractivity (Wildman–Crippen MR) is 85.1 cm³/mol. The van der Waals surface area contributed by atoms with Gasteiger partial charge in [0.1, 0.15) is 0 Å². The van der Waals surface area contributed by atoms with Crippen LogP contribution in [-0.4, -0.2) is 23.0 Å². The normalized spacial score (nSPS) is 35.6. The van der Waals surface area contributed by atoms with E-state index in [0.29, 0.717) is 6.04 Å². The van der Waals surface area contributed by atoms with Crippen molar-refractivity contribution in [3.63, 3.8) is 0 Å². The number of amides is 2. The molecule has 1 saturated carbocycles. The summed E-state index contributed by atoms with van der Waals surface area (Å²) < 4.78 is 0. The second-order valence-corrected chi connectivity index (χ2v) is 7.18. The van der Waals surface area contributed by atoms with Crippen molar-refractivity contribution < 1.29 is 4.79 Å². The van der Waals surface area contributed by atoms with Gasteiger partial charge in [-0.25, -0.2) is 4.79 Å². The highest BCUT2D eigenvalue weighted by molar-refractivity contribution is 6.21. The van der Waals surface area contributed by atoms with Gasteiger partial charge in [0, 0.05) is 23.9 Å². The van der Waals surface area contributed by atoms with E-state index < -0.39 is 0 Å². The second kappa shape index (κ2) is 5.91. The molecule has 1 heterocycles. The zero-order valence-corrected chi connectivity index (χ0v) is 13.2. The van der Waals surface area contributed by atoms with Gasteiger partial charge >= 0.3 is 6.03 Å². The van der Waals surface area contributed by atoms with Crippen LogP contribution in [-0.2, 0) is 0 Å². The number of carbonyl (C=O) groups excluding carboxylic acids is 1. The van der Waals surface area contributed by atoms with E-state index in [1.807, 2.05) is 12.3 Å². The molecule has 0 bridgehead atoms. The SMILES string of the molecule is CC12C=CC(Cl)CC1C(NC(=O)NC1CCCCC1)=CN2. The standard InChI is InChI=1S/C16H24ClN3O/c1-16-8-7-11(17)9-13(16)14(10-18-16)20-15(21)19-12-5-3-2-4-6-12/h7-8,10-13,18H,2-6,9H2,1H3,(H2,19,20,21). The highest BCUT2D eigenvalue weighted by atomic mass is 35.5. The van der Waals surface area contributed by atoms with Crippen molar-refractivity contribution in [3.05, 3.63) is 24.0 Å². The maximum absolute atomic E-state index is 12.2. The van der Waals surface area contributed by atoms with Gasteiger partial charge in [-0.1, -0.05) is 31.4 Å². The predicted octanol–water partition coefficient (Wildman–Crippen LogP) is 3.01. The molecular formula is C16H24ClN3O. The number of carbonyl (C=O) groups is 1. The van der Waals surface area contributed by atoms with Crippen LogP contribution in [0.1, 0.15) is 45.4 Å². The van der Waals surface area contributed by atoms with E-state index in [9.17, 15) is 4.79 Å². The highest BCUT2D eigenvalue weighted by Crippen LogP contribution is 2.38. The molecule has 0 radical (unpaired) electrons. The summed E-state index contributed by atoms with van der Waals surface area (Å²) in [6.07, 6.45) is 12.8. The van der Waals surface area contributed by atoms with Crippen LogP contribution in [0.15, 0.2) is 24.0 Å². The summed E-state index contributed by atoms with van der Waals surface area (Å²) in [5.41, 5.74) is 0.819. The van der Waals surface area contributed by atoms with Crippen molar-refractivity contribution in [3.8, 4) is 0 Å². The number of alkyl halides is 1. The summed E-state index contributed by atoms with van der Waals surface area (Å²) in [7, 11) is 0. The van der Waals surface area contributed by atoms with Crippen LogP contribution >= 0.6 is 11.6 Å². The molecule has 3 N–H and O–H groups in total. The molecule has 3 atom stereocenters. The summed E-state index contributed by atoms with van der Waals surface area (Å²) in [6, 6.07) is 0.243. The fraction of sp³-hybridized carbons (Fsp3) is 0.688. The lowest BCUT2D eigenvalue weighted by Gasteiger charge is -2.35. The number of allylic oxidation sites excluding steroid dienone is 1. The Labute approximate surface area is 131 Å². The molecule has 0 saturated heterocycles. The van der Waals surface area contributed by atoms with Gasteiger partial charge in [0.25, 0.3) is 0 Å². The molecule has 5 heteroatoms.